The number of anilines is 1. The molecule has 8 nitrogen and oxygen atoms in total. The first kappa shape index (κ1) is 24.5. The first-order valence-corrected chi connectivity index (χ1v) is 10.9. The van der Waals surface area contributed by atoms with E-state index in [1.165, 1.54) is 37.4 Å². The van der Waals surface area contributed by atoms with Gasteiger partial charge in [-0.2, -0.15) is 13.2 Å². The summed E-state index contributed by atoms with van der Waals surface area (Å²) in [5.41, 5.74) is 0.204. The second-order valence-corrected chi connectivity index (χ2v) is 7.97. The van der Waals surface area contributed by atoms with Gasteiger partial charge in [-0.1, -0.05) is 12.1 Å². The number of halogens is 3. The van der Waals surface area contributed by atoms with Gasteiger partial charge in [-0.3, -0.25) is 13.8 Å². The van der Waals surface area contributed by atoms with Crippen molar-refractivity contribution in [3.05, 3.63) is 59.2 Å². The van der Waals surface area contributed by atoms with Gasteiger partial charge in [0, 0.05) is 49.2 Å². The Morgan fingerprint density at radius 1 is 1.06 bits per heavy atom. The first-order chi connectivity index (χ1) is 15.6. The van der Waals surface area contributed by atoms with Gasteiger partial charge in [0.2, 0.25) is 5.91 Å². The summed E-state index contributed by atoms with van der Waals surface area (Å²) in [6, 6.07) is 8.76. The first-order valence-electron chi connectivity index (χ1n) is 9.85. The van der Waals surface area contributed by atoms with Crippen LogP contribution in [0.25, 0.3) is 0 Å². The quantitative estimate of drug-likeness (QED) is 0.635. The molecule has 0 saturated carbocycles. The highest BCUT2D eigenvalue weighted by atomic mass is 32.2. The Morgan fingerprint density at radius 2 is 1.67 bits per heavy atom. The number of rotatable bonds is 6. The number of benzene rings is 2. The van der Waals surface area contributed by atoms with Gasteiger partial charge in [-0.25, -0.2) is 0 Å². The molecule has 0 spiro atoms. The fourth-order valence-electron chi connectivity index (χ4n) is 3.45. The Bertz CT molecular complexity index is 1040. The summed E-state index contributed by atoms with van der Waals surface area (Å²) < 4.78 is 67.0. The summed E-state index contributed by atoms with van der Waals surface area (Å²) in [5, 5.41) is 0. The maximum atomic E-state index is 12.9. The van der Waals surface area contributed by atoms with Gasteiger partial charge in [-0.05, 0) is 29.8 Å². The summed E-state index contributed by atoms with van der Waals surface area (Å²) in [5.74, 6) is -0.353. The highest BCUT2D eigenvalue weighted by Gasteiger charge is 2.30. The zero-order chi connectivity index (χ0) is 24.2. The van der Waals surface area contributed by atoms with Crippen molar-refractivity contribution >= 4 is 28.8 Å². The second kappa shape index (κ2) is 10.2. The van der Waals surface area contributed by atoms with E-state index >= 15 is 0 Å². The molecule has 33 heavy (non-hydrogen) atoms. The van der Waals surface area contributed by atoms with E-state index in [1.807, 2.05) is 0 Å². The Hall–Kier alpha value is -3.12. The Balaban J connectivity index is 1.58. The van der Waals surface area contributed by atoms with E-state index < -0.39 is 23.0 Å². The third-order valence-corrected chi connectivity index (χ3v) is 5.59. The molecule has 3 rings (SSSR count). The van der Waals surface area contributed by atoms with Crippen LogP contribution in [0.4, 0.5) is 18.9 Å². The third-order valence-electron chi connectivity index (χ3n) is 5.19. The largest absolute Gasteiger partial charge is 0.755 e. The second-order valence-electron chi connectivity index (χ2n) is 7.30. The van der Waals surface area contributed by atoms with Crippen LogP contribution in [0.15, 0.2) is 42.5 Å². The highest BCUT2D eigenvalue weighted by molar-refractivity contribution is 7.80. The third kappa shape index (κ3) is 6.23. The Labute approximate surface area is 190 Å². The molecule has 2 aromatic rings. The molecule has 1 heterocycles. The van der Waals surface area contributed by atoms with Gasteiger partial charge in [0.15, 0.2) is 0 Å². The fourth-order valence-corrected chi connectivity index (χ4v) is 3.77. The maximum Gasteiger partial charge on any atom is 0.416 e. The monoisotopic (exact) mass is 484 g/mol. The lowest BCUT2D eigenvalue weighted by Crippen LogP contribution is -2.51. The van der Waals surface area contributed by atoms with Crippen molar-refractivity contribution in [1.29, 1.82) is 0 Å². The molecule has 1 fully saturated rings. The van der Waals surface area contributed by atoms with Crippen LogP contribution in [0.1, 0.15) is 21.5 Å². The SMILES string of the molecule is COc1cc(NS(=O)[O-])ccc1C(=O)N1CCN(C(=O)Cc2ccc(C(F)(F)F)cc2)CC1. The van der Waals surface area contributed by atoms with Crippen molar-refractivity contribution in [2.75, 3.05) is 38.0 Å². The molecule has 0 aliphatic carbocycles. The summed E-state index contributed by atoms with van der Waals surface area (Å²) in [7, 11) is 1.36. The molecule has 1 unspecified atom stereocenters. The standard InChI is InChI=1S/C21H22F3N3O5S/c1-32-18-13-16(25-33(30)31)6-7-17(18)20(29)27-10-8-26(9-11-27)19(28)12-14-2-4-15(5-3-14)21(22,23)24/h2-7,13,25H,8-12H2,1H3,(H,30,31)/p-1. The summed E-state index contributed by atoms with van der Waals surface area (Å²) in [6.45, 7) is 1.10. The Kier molecular flexibility index (Phi) is 7.59. The molecule has 0 radical (unpaired) electrons. The normalized spacial score (nSPS) is 15.2. The van der Waals surface area contributed by atoms with Crippen molar-refractivity contribution in [2.45, 2.75) is 12.6 Å². The zero-order valence-electron chi connectivity index (χ0n) is 17.6. The topological polar surface area (TPSA) is 102 Å². The van der Waals surface area contributed by atoms with Gasteiger partial charge in [0.1, 0.15) is 5.75 Å². The smallest absolute Gasteiger partial charge is 0.416 e. The predicted molar refractivity (Wildman–Crippen MR) is 113 cm³/mol. The molecule has 12 heteroatoms. The van der Waals surface area contributed by atoms with Crippen LogP contribution >= 0.6 is 0 Å². The van der Waals surface area contributed by atoms with E-state index in [4.69, 9.17) is 4.74 Å². The zero-order valence-corrected chi connectivity index (χ0v) is 18.4. The van der Waals surface area contributed by atoms with Crippen molar-refractivity contribution in [3.63, 3.8) is 0 Å². The van der Waals surface area contributed by atoms with Crippen LogP contribution in [-0.2, 0) is 28.7 Å². The number of nitrogens with zero attached hydrogens (tertiary/aromatic N) is 2. The number of piperazine rings is 1. The molecule has 2 amide bonds. The minimum atomic E-state index is -4.43. The number of hydrogen-bond acceptors (Lipinski definition) is 5. The number of carbonyl (C=O) groups is 2. The predicted octanol–water partition coefficient (Wildman–Crippen LogP) is 2.45. The Morgan fingerprint density at radius 3 is 2.21 bits per heavy atom. The molecule has 1 aliphatic heterocycles. The molecule has 1 atom stereocenters. The number of alkyl halides is 3. The molecule has 178 valence electrons. The van der Waals surface area contributed by atoms with E-state index in [9.17, 15) is 31.5 Å². The molecule has 0 aromatic heterocycles. The molecular weight excluding hydrogens is 463 g/mol. The molecule has 1 aliphatic rings. The summed E-state index contributed by atoms with van der Waals surface area (Å²) >= 11 is -2.52. The lowest BCUT2D eigenvalue weighted by molar-refractivity contribution is -0.137. The van der Waals surface area contributed by atoms with Gasteiger partial charge < -0.3 is 23.8 Å². The van der Waals surface area contributed by atoms with E-state index in [0.29, 0.717) is 5.56 Å². The van der Waals surface area contributed by atoms with Gasteiger partial charge in [-0.15, -0.1) is 0 Å². The van der Waals surface area contributed by atoms with Crippen LogP contribution < -0.4 is 9.46 Å². The fraction of sp³-hybridized carbons (Fsp3) is 0.333. The molecule has 1 saturated heterocycles. The molecular formula is C21H21F3N3O5S-. The summed E-state index contributed by atoms with van der Waals surface area (Å²) in [4.78, 5) is 28.6. The number of amides is 2. The van der Waals surface area contributed by atoms with E-state index in [-0.39, 0.29) is 61.4 Å². The highest BCUT2D eigenvalue weighted by Crippen LogP contribution is 2.29. The molecule has 1 N–H and O–H groups in total. The van der Waals surface area contributed by atoms with Gasteiger partial charge in [0.25, 0.3) is 5.91 Å². The van der Waals surface area contributed by atoms with Crippen molar-refractivity contribution in [1.82, 2.24) is 9.80 Å². The molecule has 0 bridgehead atoms. The minimum absolute atomic E-state index is 0.0323. The number of nitrogens with one attached hydrogen (secondary N) is 1. The number of ether oxygens (including phenoxy) is 1. The number of carbonyl (C=O) groups excluding carboxylic acids is 2. The van der Waals surface area contributed by atoms with E-state index in [1.54, 1.807) is 9.80 Å². The average molecular weight is 484 g/mol. The van der Waals surface area contributed by atoms with Crippen molar-refractivity contribution in [3.8, 4) is 5.75 Å². The van der Waals surface area contributed by atoms with Crippen LogP contribution in [0, 0.1) is 0 Å². The number of hydrogen-bond donors (Lipinski definition) is 1. The summed E-state index contributed by atoms with van der Waals surface area (Å²) in [6.07, 6.45) is -4.46. The van der Waals surface area contributed by atoms with Crippen LogP contribution in [-0.4, -0.2) is 63.7 Å². The minimum Gasteiger partial charge on any atom is -0.755 e. The van der Waals surface area contributed by atoms with Crippen LogP contribution in [0.5, 0.6) is 5.75 Å². The maximum absolute atomic E-state index is 12.9. The van der Waals surface area contributed by atoms with Crippen LogP contribution in [0.2, 0.25) is 0 Å². The van der Waals surface area contributed by atoms with Gasteiger partial charge in [0.05, 0.1) is 24.7 Å². The van der Waals surface area contributed by atoms with Gasteiger partial charge >= 0.3 is 6.18 Å². The van der Waals surface area contributed by atoms with Crippen LogP contribution in [0.3, 0.4) is 0 Å². The van der Waals surface area contributed by atoms with Crippen molar-refractivity contribution in [2.24, 2.45) is 0 Å². The van der Waals surface area contributed by atoms with Crippen molar-refractivity contribution < 1.29 is 36.3 Å². The van der Waals surface area contributed by atoms with E-state index in [0.717, 1.165) is 12.1 Å². The molecule has 2 aromatic carbocycles. The lowest BCUT2D eigenvalue weighted by Gasteiger charge is -2.35. The number of methoxy groups -OCH3 is 1. The average Bonchev–Trinajstić information content (AvgIpc) is 2.78. The van der Waals surface area contributed by atoms with E-state index in [2.05, 4.69) is 4.72 Å². The lowest BCUT2D eigenvalue weighted by atomic mass is 10.1.